The number of carbonyl (C=O) groups is 1. The van der Waals surface area contributed by atoms with Crippen molar-refractivity contribution in [2.75, 3.05) is 46.0 Å². The van der Waals surface area contributed by atoms with Gasteiger partial charge in [-0.25, -0.2) is 4.79 Å². The molecule has 1 atom stereocenters. The molecule has 1 saturated carbocycles. The minimum absolute atomic E-state index is 0. The average Bonchev–Trinajstić information content (AvgIpc) is 3.34. The second-order valence-electron chi connectivity index (χ2n) is 8.66. The molecule has 2 aliphatic rings. The van der Waals surface area contributed by atoms with Crippen LogP contribution >= 0.6 is 24.0 Å². The highest BCUT2D eigenvalue weighted by Gasteiger charge is 2.34. The van der Waals surface area contributed by atoms with Crippen LogP contribution in [0.15, 0.2) is 4.99 Å². The van der Waals surface area contributed by atoms with Gasteiger partial charge in [-0.2, -0.15) is 0 Å². The largest absolute Gasteiger partial charge is 0.444 e. The maximum atomic E-state index is 12.4. The van der Waals surface area contributed by atoms with Gasteiger partial charge in [0.25, 0.3) is 0 Å². The summed E-state index contributed by atoms with van der Waals surface area (Å²) < 4.78 is 16.8. The molecule has 0 radical (unpaired) electrons. The Balaban J connectivity index is 0.00000450. The molecule has 9 heteroatoms. The number of guanidine groups is 1. The lowest BCUT2D eigenvalue weighted by atomic mass is 10.2. The van der Waals surface area contributed by atoms with Crippen LogP contribution in [0.2, 0.25) is 0 Å². The zero-order valence-corrected chi connectivity index (χ0v) is 21.4. The third-order valence-corrected chi connectivity index (χ3v) is 4.65. The first-order valence-electron chi connectivity index (χ1n) is 11.1. The van der Waals surface area contributed by atoms with Crippen molar-refractivity contribution in [1.29, 1.82) is 0 Å². The first-order valence-corrected chi connectivity index (χ1v) is 11.1. The predicted octanol–water partition coefficient (Wildman–Crippen LogP) is 3.14. The second kappa shape index (κ2) is 14.3. The number of ether oxygens (including phenoxy) is 3. The summed E-state index contributed by atoms with van der Waals surface area (Å²) in [5, 5.41) is 6.56. The molecule has 176 valence electrons. The molecule has 30 heavy (non-hydrogen) atoms. The van der Waals surface area contributed by atoms with Crippen molar-refractivity contribution in [2.24, 2.45) is 4.99 Å². The fourth-order valence-electron chi connectivity index (χ4n) is 3.11. The molecule has 1 unspecified atom stereocenters. The van der Waals surface area contributed by atoms with E-state index in [1.807, 2.05) is 32.6 Å². The van der Waals surface area contributed by atoms with Gasteiger partial charge in [0, 0.05) is 45.4 Å². The summed E-state index contributed by atoms with van der Waals surface area (Å²) in [5.74, 6) is 0.770. The Kier molecular flexibility index (Phi) is 13.0. The van der Waals surface area contributed by atoms with Crippen molar-refractivity contribution < 1.29 is 19.0 Å². The first-order chi connectivity index (χ1) is 13.9. The Morgan fingerprint density at radius 2 is 2.00 bits per heavy atom. The van der Waals surface area contributed by atoms with Gasteiger partial charge in [0.2, 0.25) is 0 Å². The topological polar surface area (TPSA) is 84.4 Å². The highest BCUT2D eigenvalue weighted by atomic mass is 127. The Bertz CT molecular complexity index is 518. The molecule has 1 heterocycles. The first kappa shape index (κ1) is 27.2. The van der Waals surface area contributed by atoms with Gasteiger partial charge >= 0.3 is 6.09 Å². The zero-order chi connectivity index (χ0) is 21.1. The number of nitrogens with one attached hydrogen (secondary N) is 2. The predicted molar refractivity (Wildman–Crippen MR) is 130 cm³/mol. The number of amides is 1. The number of aliphatic imine (C=N–C) groups is 1. The quantitative estimate of drug-likeness (QED) is 0.181. The monoisotopic (exact) mass is 540 g/mol. The van der Waals surface area contributed by atoms with Crippen LogP contribution in [-0.4, -0.2) is 80.7 Å². The zero-order valence-electron chi connectivity index (χ0n) is 19.1. The van der Waals surface area contributed by atoms with E-state index < -0.39 is 5.60 Å². The summed E-state index contributed by atoms with van der Waals surface area (Å²) in [4.78, 5) is 18.8. The van der Waals surface area contributed by atoms with E-state index in [9.17, 15) is 4.79 Å². The van der Waals surface area contributed by atoms with E-state index in [-0.39, 0.29) is 36.2 Å². The maximum absolute atomic E-state index is 12.4. The highest BCUT2D eigenvalue weighted by molar-refractivity contribution is 14.0. The third kappa shape index (κ3) is 11.5. The number of rotatable bonds is 11. The molecular weight excluding hydrogens is 499 g/mol. The number of nitrogens with zero attached hydrogens (tertiary/aromatic N) is 2. The number of carbonyl (C=O) groups excluding carboxylic acids is 1. The van der Waals surface area contributed by atoms with Crippen molar-refractivity contribution in [3.63, 3.8) is 0 Å². The summed E-state index contributed by atoms with van der Waals surface area (Å²) in [6.45, 7) is 12.7. The van der Waals surface area contributed by atoms with Crippen LogP contribution in [0.1, 0.15) is 59.8 Å². The molecule has 8 nitrogen and oxygen atoms in total. The molecule has 0 aromatic carbocycles. The van der Waals surface area contributed by atoms with Crippen LogP contribution < -0.4 is 10.6 Å². The lowest BCUT2D eigenvalue weighted by molar-refractivity contribution is 0.0171. The van der Waals surface area contributed by atoms with Crippen molar-refractivity contribution in [3.8, 4) is 0 Å². The van der Waals surface area contributed by atoms with E-state index >= 15 is 0 Å². The molecule has 1 amide bonds. The van der Waals surface area contributed by atoms with E-state index in [1.54, 1.807) is 0 Å². The maximum Gasteiger partial charge on any atom is 0.410 e. The van der Waals surface area contributed by atoms with Gasteiger partial charge < -0.3 is 29.7 Å². The van der Waals surface area contributed by atoms with E-state index in [0.717, 1.165) is 51.2 Å². The van der Waals surface area contributed by atoms with Crippen LogP contribution in [0.4, 0.5) is 4.79 Å². The van der Waals surface area contributed by atoms with Gasteiger partial charge in [0.15, 0.2) is 5.96 Å². The van der Waals surface area contributed by atoms with Crippen LogP contribution in [0.3, 0.4) is 0 Å². The van der Waals surface area contributed by atoms with Gasteiger partial charge in [0.1, 0.15) is 5.60 Å². The van der Waals surface area contributed by atoms with Gasteiger partial charge in [-0.05, 0) is 59.8 Å². The number of halogens is 1. The minimum atomic E-state index is -0.472. The Morgan fingerprint density at radius 3 is 2.60 bits per heavy atom. The normalized spacial score (nSPS) is 19.2. The van der Waals surface area contributed by atoms with Gasteiger partial charge in [-0.1, -0.05) is 0 Å². The van der Waals surface area contributed by atoms with Crippen LogP contribution in [0.5, 0.6) is 0 Å². The standard InChI is InChI=1S/C21H40N4O4.HI/c1-5-22-19(23-11-7-14-27-16-18-8-6-15-28-18)24-12-13-25(17-9-10-17)20(26)29-21(2,3)4;/h17-18H,5-16H2,1-4H3,(H2,22,23,24);1H. The Hall–Kier alpha value is -0.810. The van der Waals surface area contributed by atoms with Crippen LogP contribution in [-0.2, 0) is 14.2 Å². The Morgan fingerprint density at radius 1 is 1.23 bits per heavy atom. The fourth-order valence-corrected chi connectivity index (χ4v) is 3.11. The molecule has 2 N–H and O–H groups in total. The summed E-state index contributed by atoms with van der Waals surface area (Å²) in [7, 11) is 0. The molecule has 0 aromatic heterocycles. The molecular formula is C21H41IN4O4. The average molecular weight is 540 g/mol. The van der Waals surface area contributed by atoms with Crippen molar-refractivity contribution >= 4 is 36.0 Å². The summed E-state index contributed by atoms with van der Waals surface area (Å²) in [6, 6.07) is 0.312. The fraction of sp³-hybridized carbons (Fsp3) is 0.905. The van der Waals surface area contributed by atoms with Crippen molar-refractivity contribution in [1.82, 2.24) is 15.5 Å². The molecule has 0 bridgehead atoms. The summed E-state index contributed by atoms with van der Waals surface area (Å²) in [6.07, 6.45) is 5.27. The second-order valence-corrected chi connectivity index (χ2v) is 8.66. The lowest BCUT2D eigenvalue weighted by Crippen LogP contribution is -2.45. The molecule has 0 spiro atoms. The van der Waals surface area contributed by atoms with Gasteiger partial charge in [-0.15, -0.1) is 24.0 Å². The van der Waals surface area contributed by atoms with Crippen LogP contribution in [0.25, 0.3) is 0 Å². The van der Waals surface area contributed by atoms with Crippen LogP contribution in [0, 0.1) is 0 Å². The van der Waals surface area contributed by atoms with E-state index in [1.165, 1.54) is 0 Å². The van der Waals surface area contributed by atoms with Gasteiger partial charge in [0.05, 0.1) is 12.7 Å². The van der Waals surface area contributed by atoms with E-state index in [2.05, 4.69) is 15.6 Å². The molecule has 1 aliphatic carbocycles. The van der Waals surface area contributed by atoms with E-state index in [0.29, 0.717) is 38.9 Å². The molecule has 1 saturated heterocycles. The minimum Gasteiger partial charge on any atom is -0.444 e. The Labute approximate surface area is 198 Å². The molecule has 2 rings (SSSR count). The smallest absolute Gasteiger partial charge is 0.410 e. The van der Waals surface area contributed by atoms with Crippen molar-refractivity contribution in [3.05, 3.63) is 0 Å². The van der Waals surface area contributed by atoms with Gasteiger partial charge in [-0.3, -0.25) is 4.99 Å². The summed E-state index contributed by atoms with van der Waals surface area (Å²) >= 11 is 0. The highest BCUT2D eigenvalue weighted by Crippen LogP contribution is 2.28. The lowest BCUT2D eigenvalue weighted by Gasteiger charge is -2.27. The summed E-state index contributed by atoms with van der Waals surface area (Å²) in [5.41, 5.74) is -0.472. The number of hydrogen-bond acceptors (Lipinski definition) is 5. The number of hydrogen-bond donors (Lipinski definition) is 2. The SMILES string of the molecule is CCNC(=NCCCOCC1CCCO1)NCCN(C(=O)OC(C)(C)C)C1CC1.I. The molecule has 0 aromatic rings. The molecule has 2 fully saturated rings. The third-order valence-electron chi connectivity index (χ3n) is 4.65. The van der Waals surface area contributed by atoms with E-state index in [4.69, 9.17) is 14.2 Å². The van der Waals surface area contributed by atoms with Crippen molar-refractivity contribution in [2.45, 2.75) is 77.5 Å². The molecule has 1 aliphatic heterocycles.